The van der Waals surface area contributed by atoms with Crippen LogP contribution in [-0.4, -0.2) is 40.3 Å². The van der Waals surface area contributed by atoms with Gasteiger partial charge in [-0.15, -0.1) is 0 Å². The lowest BCUT2D eigenvalue weighted by atomic mass is 9.83. The molecule has 0 bridgehead atoms. The summed E-state index contributed by atoms with van der Waals surface area (Å²) in [5.41, 5.74) is 1.53. The average molecular weight is 511 g/mol. The first kappa shape index (κ1) is 25.2. The third kappa shape index (κ3) is 5.44. The van der Waals surface area contributed by atoms with Crippen molar-refractivity contribution < 1.29 is 23.1 Å². The van der Waals surface area contributed by atoms with Gasteiger partial charge in [0.1, 0.15) is 17.2 Å². The van der Waals surface area contributed by atoms with Crippen LogP contribution >= 0.6 is 0 Å². The van der Waals surface area contributed by atoms with Crippen molar-refractivity contribution in [3.63, 3.8) is 0 Å². The molecule has 0 amide bonds. The number of Topliss-reactive ketones (excluding diaryl/α,β-unsaturated/α-hetero) is 2. The van der Waals surface area contributed by atoms with E-state index in [1.807, 2.05) is 12.1 Å². The zero-order valence-corrected chi connectivity index (χ0v) is 21.8. The molecule has 1 aromatic heterocycles. The molecule has 2 aromatic rings. The van der Waals surface area contributed by atoms with Crippen LogP contribution in [0.2, 0.25) is 0 Å². The van der Waals surface area contributed by atoms with E-state index < -0.39 is 21.4 Å². The highest BCUT2D eigenvalue weighted by Crippen LogP contribution is 2.47. The molecule has 0 saturated heterocycles. The minimum atomic E-state index is -3.33. The zero-order chi connectivity index (χ0) is 25.7. The highest BCUT2D eigenvalue weighted by molar-refractivity contribution is 7.92. The van der Waals surface area contributed by atoms with Crippen molar-refractivity contribution in [3.8, 4) is 0 Å². The minimum absolute atomic E-state index is 0.0146. The number of aliphatic hydroxyl groups is 1. The molecular formula is C28H34N2O5S. The largest absolute Gasteiger partial charge is 0.384 e. The van der Waals surface area contributed by atoms with Gasteiger partial charge in [0.05, 0.1) is 34.2 Å². The van der Waals surface area contributed by atoms with E-state index in [1.165, 1.54) is 12.4 Å². The highest BCUT2D eigenvalue weighted by Gasteiger charge is 2.41. The van der Waals surface area contributed by atoms with Crippen molar-refractivity contribution in [2.24, 2.45) is 5.92 Å². The molecule has 8 heteroatoms. The number of rotatable bonds is 10. The molecule has 3 aliphatic carbocycles. The van der Waals surface area contributed by atoms with E-state index >= 15 is 0 Å². The Balaban J connectivity index is 1.44. The van der Waals surface area contributed by atoms with Gasteiger partial charge in [0.2, 0.25) is 0 Å². The van der Waals surface area contributed by atoms with Crippen LogP contribution < -0.4 is 0 Å². The first-order chi connectivity index (χ1) is 17.0. The van der Waals surface area contributed by atoms with Crippen LogP contribution in [0.3, 0.4) is 0 Å². The summed E-state index contributed by atoms with van der Waals surface area (Å²) in [6.07, 6.45) is 8.89. The van der Waals surface area contributed by atoms with Crippen LogP contribution in [0.4, 0.5) is 0 Å². The molecule has 0 spiro atoms. The molecule has 0 aliphatic heterocycles. The molecule has 7 nitrogen and oxygen atoms in total. The SMILES string of the molecule is CC(C)(O)c1cnc(CC(=O)[C@H](C[C@H]2CCC(=O)C2)c2ccc(S(=O)(=O)C3CC3)c(C3CC3)c2)cn1. The van der Waals surface area contributed by atoms with Gasteiger partial charge >= 0.3 is 0 Å². The molecule has 0 unspecified atom stereocenters. The third-order valence-corrected chi connectivity index (χ3v) is 10.0. The number of ketones is 2. The van der Waals surface area contributed by atoms with E-state index in [0.717, 1.165) is 43.2 Å². The Morgan fingerprint density at radius 3 is 2.42 bits per heavy atom. The second-order valence-corrected chi connectivity index (χ2v) is 13.5. The molecule has 3 saturated carbocycles. The minimum Gasteiger partial charge on any atom is -0.384 e. The third-order valence-electron chi connectivity index (χ3n) is 7.72. The van der Waals surface area contributed by atoms with Crippen molar-refractivity contribution in [3.05, 3.63) is 53.1 Å². The molecule has 0 radical (unpaired) electrons. The van der Waals surface area contributed by atoms with Gasteiger partial charge < -0.3 is 5.11 Å². The average Bonchev–Trinajstić information content (AvgIpc) is 3.74. The second kappa shape index (κ2) is 9.45. The number of nitrogens with zero attached hydrogens (tertiary/aromatic N) is 2. The maximum Gasteiger partial charge on any atom is 0.181 e. The summed E-state index contributed by atoms with van der Waals surface area (Å²) in [5.74, 6) is 0.168. The van der Waals surface area contributed by atoms with E-state index in [-0.39, 0.29) is 35.1 Å². The maximum absolute atomic E-state index is 13.6. The van der Waals surface area contributed by atoms with Gasteiger partial charge in [0.25, 0.3) is 0 Å². The Morgan fingerprint density at radius 1 is 1.11 bits per heavy atom. The van der Waals surface area contributed by atoms with Crippen molar-refractivity contribution in [1.29, 1.82) is 0 Å². The first-order valence-corrected chi connectivity index (χ1v) is 14.5. The molecule has 1 heterocycles. The molecule has 1 N–H and O–H groups in total. The van der Waals surface area contributed by atoms with E-state index in [4.69, 9.17) is 0 Å². The topological polar surface area (TPSA) is 114 Å². The lowest BCUT2D eigenvalue weighted by molar-refractivity contribution is -0.121. The van der Waals surface area contributed by atoms with Crippen molar-refractivity contribution in [1.82, 2.24) is 9.97 Å². The molecule has 3 aliphatic rings. The number of carbonyl (C=O) groups excluding carboxylic acids is 2. The van der Waals surface area contributed by atoms with E-state index in [9.17, 15) is 23.1 Å². The van der Waals surface area contributed by atoms with E-state index in [0.29, 0.717) is 35.5 Å². The van der Waals surface area contributed by atoms with Crippen LogP contribution in [0.25, 0.3) is 0 Å². The van der Waals surface area contributed by atoms with Gasteiger partial charge in [-0.1, -0.05) is 12.1 Å². The molecule has 3 fully saturated rings. The number of benzene rings is 1. The molecule has 2 atom stereocenters. The second-order valence-electron chi connectivity index (χ2n) is 11.3. The summed E-state index contributed by atoms with van der Waals surface area (Å²) in [6.45, 7) is 3.26. The first-order valence-electron chi connectivity index (χ1n) is 13.0. The van der Waals surface area contributed by atoms with Crippen LogP contribution in [-0.2, 0) is 31.4 Å². The van der Waals surface area contributed by atoms with Gasteiger partial charge in [-0.05, 0) is 81.4 Å². The van der Waals surface area contributed by atoms with Gasteiger partial charge in [0, 0.05) is 25.0 Å². The Labute approximate surface area is 212 Å². The molecular weight excluding hydrogens is 476 g/mol. The predicted molar refractivity (Wildman–Crippen MR) is 134 cm³/mol. The normalized spacial score (nSPS) is 21.5. The Bertz CT molecular complexity index is 1270. The summed E-state index contributed by atoms with van der Waals surface area (Å²) >= 11 is 0. The summed E-state index contributed by atoms with van der Waals surface area (Å²) in [6, 6.07) is 5.48. The quantitative estimate of drug-likeness (QED) is 0.510. The van der Waals surface area contributed by atoms with Gasteiger partial charge in [0.15, 0.2) is 9.84 Å². The zero-order valence-electron chi connectivity index (χ0n) is 20.9. The molecule has 1 aromatic carbocycles. The van der Waals surface area contributed by atoms with Crippen LogP contribution in [0.5, 0.6) is 0 Å². The van der Waals surface area contributed by atoms with E-state index in [1.54, 1.807) is 19.9 Å². The van der Waals surface area contributed by atoms with Gasteiger partial charge in [-0.25, -0.2) is 8.42 Å². The number of aromatic nitrogens is 2. The summed E-state index contributed by atoms with van der Waals surface area (Å²) < 4.78 is 26.2. The van der Waals surface area contributed by atoms with Crippen molar-refractivity contribution in [2.75, 3.05) is 0 Å². The molecule has 5 rings (SSSR count). The number of hydrogen-bond donors (Lipinski definition) is 1. The fraction of sp³-hybridized carbons (Fsp3) is 0.571. The number of carbonyl (C=O) groups is 2. The number of sulfone groups is 1. The van der Waals surface area contributed by atoms with Crippen molar-refractivity contribution >= 4 is 21.4 Å². The van der Waals surface area contributed by atoms with Gasteiger partial charge in [-0.2, -0.15) is 0 Å². The standard InChI is InChI=1S/C28H34N2O5S/c1-28(2,33)27-16-29-20(15-30-27)14-25(32)23(12-17-3-7-21(31)11-17)19-6-10-26(24(13-19)18-4-5-18)36(34,35)22-8-9-22/h6,10,13,15-18,22-23,33H,3-5,7-9,11-12,14H2,1-2H3/t17-,23+/m0/s1. The van der Waals surface area contributed by atoms with Crippen LogP contribution in [0, 0.1) is 5.92 Å². The van der Waals surface area contributed by atoms with Crippen LogP contribution in [0.15, 0.2) is 35.5 Å². The maximum atomic E-state index is 13.6. The van der Waals surface area contributed by atoms with E-state index in [2.05, 4.69) is 9.97 Å². The smallest absolute Gasteiger partial charge is 0.181 e. The monoisotopic (exact) mass is 510 g/mol. The lowest BCUT2D eigenvalue weighted by Crippen LogP contribution is -2.21. The Morgan fingerprint density at radius 2 is 1.86 bits per heavy atom. The van der Waals surface area contributed by atoms with Gasteiger partial charge in [-0.3, -0.25) is 19.6 Å². The molecule has 192 valence electrons. The number of hydrogen-bond acceptors (Lipinski definition) is 7. The molecule has 36 heavy (non-hydrogen) atoms. The summed E-state index contributed by atoms with van der Waals surface area (Å²) in [7, 11) is -3.33. The van der Waals surface area contributed by atoms with Crippen molar-refractivity contribution in [2.45, 2.75) is 99.2 Å². The fourth-order valence-corrected chi connectivity index (χ4v) is 7.18. The fourth-order valence-electron chi connectivity index (χ4n) is 5.26. The Kier molecular flexibility index (Phi) is 6.62. The lowest BCUT2D eigenvalue weighted by Gasteiger charge is -2.22. The predicted octanol–water partition coefficient (Wildman–Crippen LogP) is 4.17. The Hall–Kier alpha value is -2.45. The highest BCUT2D eigenvalue weighted by atomic mass is 32.2. The summed E-state index contributed by atoms with van der Waals surface area (Å²) in [5, 5.41) is 9.86. The summed E-state index contributed by atoms with van der Waals surface area (Å²) in [4.78, 5) is 34.6. The van der Waals surface area contributed by atoms with Crippen LogP contribution in [0.1, 0.15) is 99.6 Å².